The standard InChI is InChI=1S/C19H21N3O2S/c1-5-14-8-15-18(25-14)20-10-22(19(15)24)9-16(23)21-17-12(3)6-11(2)7-13(17)4/h6-8,10H,5,9H2,1-4H3,(H,21,23). The van der Waals surface area contributed by atoms with Crippen LogP contribution >= 0.6 is 11.3 Å². The van der Waals surface area contributed by atoms with Crippen molar-refractivity contribution in [1.29, 1.82) is 0 Å². The summed E-state index contributed by atoms with van der Waals surface area (Å²) in [6.45, 7) is 7.95. The number of hydrogen-bond donors (Lipinski definition) is 1. The van der Waals surface area contributed by atoms with Gasteiger partial charge in [0.1, 0.15) is 11.4 Å². The minimum absolute atomic E-state index is 0.0498. The first-order valence-electron chi connectivity index (χ1n) is 8.24. The molecule has 0 saturated heterocycles. The van der Waals surface area contributed by atoms with Gasteiger partial charge in [0.15, 0.2) is 0 Å². The molecule has 0 unspecified atom stereocenters. The summed E-state index contributed by atoms with van der Waals surface area (Å²) in [4.78, 5) is 31.2. The minimum atomic E-state index is -0.232. The number of aromatic nitrogens is 2. The Bertz CT molecular complexity index is 994. The molecule has 0 radical (unpaired) electrons. The number of anilines is 1. The number of carbonyl (C=O) groups is 1. The molecule has 3 aromatic rings. The van der Waals surface area contributed by atoms with Crippen LogP contribution in [0.15, 0.2) is 29.3 Å². The molecular formula is C19H21N3O2S. The van der Waals surface area contributed by atoms with Crippen LogP contribution in [-0.4, -0.2) is 15.5 Å². The Morgan fingerprint density at radius 3 is 2.52 bits per heavy atom. The largest absolute Gasteiger partial charge is 0.324 e. The van der Waals surface area contributed by atoms with E-state index in [0.717, 1.165) is 38.5 Å². The third-order valence-corrected chi connectivity index (χ3v) is 5.36. The third kappa shape index (κ3) is 3.49. The van der Waals surface area contributed by atoms with Gasteiger partial charge in [-0.3, -0.25) is 14.2 Å². The average Bonchev–Trinajstić information content (AvgIpc) is 2.98. The lowest BCUT2D eigenvalue weighted by atomic mass is 10.1. The zero-order valence-corrected chi connectivity index (χ0v) is 15.7. The number of nitrogens with zero attached hydrogens (tertiary/aromatic N) is 2. The maximum atomic E-state index is 12.6. The van der Waals surface area contributed by atoms with Crippen LogP contribution in [0.4, 0.5) is 5.69 Å². The van der Waals surface area contributed by atoms with Gasteiger partial charge < -0.3 is 5.32 Å². The van der Waals surface area contributed by atoms with Gasteiger partial charge in [-0.05, 0) is 44.4 Å². The molecule has 0 aliphatic carbocycles. The highest BCUT2D eigenvalue weighted by atomic mass is 32.1. The smallest absolute Gasteiger partial charge is 0.262 e. The number of rotatable bonds is 4. The predicted molar refractivity (Wildman–Crippen MR) is 103 cm³/mol. The maximum absolute atomic E-state index is 12.6. The second-order valence-electron chi connectivity index (χ2n) is 6.28. The minimum Gasteiger partial charge on any atom is -0.324 e. The molecule has 130 valence electrons. The van der Waals surface area contributed by atoms with E-state index in [1.807, 2.05) is 45.9 Å². The molecule has 0 saturated carbocycles. The first-order chi connectivity index (χ1) is 11.9. The number of benzene rings is 1. The van der Waals surface area contributed by atoms with Crippen molar-refractivity contribution in [2.75, 3.05) is 5.32 Å². The molecular weight excluding hydrogens is 334 g/mol. The number of amides is 1. The highest BCUT2D eigenvalue weighted by Gasteiger charge is 2.12. The summed E-state index contributed by atoms with van der Waals surface area (Å²) in [5.41, 5.74) is 3.81. The zero-order chi connectivity index (χ0) is 18.1. The summed E-state index contributed by atoms with van der Waals surface area (Å²) in [6.07, 6.45) is 2.32. The molecule has 2 aromatic heterocycles. The van der Waals surface area contributed by atoms with E-state index in [1.54, 1.807) is 0 Å². The summed E-state index contributed by atoms with van der Waals surface area (Å²) >= 11 is 1.52. The Hall–Kier alpha value is -2.47. The molecule has 0 aliphatic rings. The maximum Gasteiger partial charge on any atom is 0.262 e. The lowest BCUT2D eigenvalue weighted by Crippen LogP contribution is -2.28. The molecule has 1 amide bonds. The highest BCUT2D eigenvalue weighted by Crippen LogP contribution is 2.22. The van der Waals surface area contributed by atoms with Crippen molar-refractivity contribution in [2.24, 2.45) is 0 Å². The molecule has 0 spiro atoms. The van der Waals surface area contributed by atoms with Crippen LogP contribution in [0, 0.1) is 20.8 Å². The lowest BCUT2D eigenvalue weighted by Gasteiger charge is -2.13. The van der Waals surface area contributed by atoms with E-state index in [0.29, 0.717) is 5.39 Å². The van der Waals surface area contributed by atoms with Crippen molar-refractivity contribution < 1.29 is 4.79 Å². The predicted octanol–water partition coefficient (Wildman–Crippen LogP) is 3.58. The monoisotopic (exact) mass is 355 g/mol. The number of hydrogen-bond acceptors (Lipinski definition) is 4. The van der Waals surface area contributed by atoms with Gasteiger partial charge in [-0.1, -0.05) is 24.6 Å². The molecule has 0 aliphatic heterocycles. The van der Waals surface area contributed by atoms with Crippen LogP contribution in [0.3, 0.4) is 0 Å². The van der Waals surface area contributed by atoms with Gasteiger partial charge in [-0.25, -0.2) is 4.98 Å². The molecule has 3 rings (SSSR count). The topological polar surface area (TPSA) is 64.0 Å². The van der Waals surface area contributed by atoms with Crippen LogP contribution in [0.1, 0.15) is 28.5 Å². The Balaban J connectivity index is 1.85. The molecule has 0 bridgehead atoms. The SMILES string of the molecule is CCc1cc2c(=O)n(CC(=O)Nc3c(C)cc(C)cc3C)cnc2s1. The number of aryl methyl sites for hydroxylation is 4. The van der Waals surface area contributed by atoms with E-state index >= 15 is 0 Å². The average molecular weight is 355 g/mol. The van der Waals surface area contributed by atoms with Crippen molar-refractivity contribution in [3.8, 4) is 0 Å². The molecule has 1 N–H and O–H groups in total. The number of fused-ring (bicyclic) bond motifs is 1. The second-order valence-corrected chi connectivity index (χ2v) is 7.40. The first kappa shape index (κ1) is 17.4. The van der Waals surface area contributed by atoms with Crippen molar-refractivity contribution >= 4 is 33.1 Å². The summed E-state index contributed by atoms with van der Waals surface area (Å²) < 4.78 is 1.36. The van der Waals surface area contributed by atoms with Gasteiger partial charge in [0.2, 0.25) is 5.91 Å². The molecule has 0 fully saturated rings. The Morgan fingerprint density at radius 1 is 1.20 bits per heavy atom. The van der Waals surface area contributed by atoms with E-state index in [-0.39, 0.29) is 18.0 Å². The Morgan fingerprint density at radius 2 is 1.88 bits per heavy atom. The molecule has 25 heavy (non-hydrogen) atoms. The zero-order valence-electron chi connectivity index (χ0n) is 14.8. The fourth-order valence-electron chi connectivity index (χ4n) is 3.01. The van der Waals surface area contributed by atoms with Crippen LogP contribution in [0.2, 0.25) is 0 Å². The van der Waals surface area contributed by atoms with E-state index < -0.39 is 0 Å². The lowest BCUT2D eigenvalue weighted by molar-refractivity contribution is -0.116. The van der Waals surface area contributed by atoms with Gasteiger partial charge in [0, 0.05) is 10.6 Å². The van der Waals surface area contributed by atoms with E-state index in [2.05, 4.69) is 10.3 Å². The van der Waals surface area contributed by atoms with Gasteiger partial charge in [-0.15, -0.1) is 11.3 Å². The fraction of sp³-hybridized carbons (Fsp3) is 0.316. The van der Waals surface area contributed by atoms with Gasteiger partial charge >= 0.3 is 0 Å². The number of nitrogens with one attached hydrogen (secondary N) is 1. The van der Waals surface area contributed by atoms with Gasteiger partial charge in [0.05, 0.1) is 11.7 Å². The van der Waals surface area contributed by atoms with Crippen LogP contribution < -0.4 is 10.9 Å². The molecule has 5 nitrogen and oxygen atoms in total. The molecule has 0 atom stereocenters. The van der Waals surface area contributed by atoms with Crippen LogP contribution in [0.25, 0.3) is 10.2 Å². The normalized spacial score (nSPS) is 11.0. The molecule has 2 heterocycles. The van der Waals surface area contributed by atoms with Crippen molar-refractivity contribution in [1.82, 2.24) is 9.55 Å². The Kier molecular flexibility index (Phi) is 4.72. The molecule has 1 aromatic carbocycles. The van der Waals surface area contributed by atoms with Crippen molar-refractivity contribution in [2.45, 2.75) is 40.7 Å². The third-order valence-electron chi connectivity index (χ3n) is 4.17. The Labute approximate surface area is 150 Å². The highest BCUT2D eigenvalue weighted by molar-refractivity contribution is 7.18. The van der Waals surface area contributed by atoms with E-state index in [9.17, 15) is 9.59 Å². The molecule has 6 heteroatoms. The number of carbonyl (C=O) groups excluding carboxylic acids is 1. The van der Waals surface area contributed by atoms with Gasteiger partial charge in [0.25, 0.3) is 5.56 Å². The quantitative estimate of drug-likeness (QED) is 0.778. The van der Waals surface area contributed by atoms with E-state index in [4.69, 9.17) is 0 Å². The first-order valence-corrected chi connectivity index (χ1v) is 9.06. The summed E-state index contributed by atoms with van der Waals surface area (Å²) in [6, 6.07) is 5.93. The van der Waals surface area contributed by atoms with Crippen LogP contribution in [-0.2, 0) is 17.8 Å². The van der Waals surface area contributed by atoms with Crippen LogP contribution in [0.5, 0.6) is 0 Å². The number of thiophene rings is 1. The summed E-state index contributed by atoms with van der Waals surface area (Å²) in [7, 11) is 0. The van der Waals surface area contributed by atoms with Crippen molar-refractivity contribution in [3.05, 3.63) is 56.4 Å². The van der Waals surface area contributed by atoms with E-state index in [1.165, 1.54) is 22.2 Å². The van der Waals surface area contributed by atoms with Gasteiger partial charge in [-0.2, -0.15) is 0 Å². The summed E-state index contributed by atoms with van der Waals surface area (Å²) in [5, 5.41) is 3.51. The summed E-state index contributed by atoms with van der Waals surface area (Å²) in [5.74, 6) is -0.232. The fourth-order valence-corrected chi connectivity index (χ4v) is 3.93. The van der Waals surface area contributed by atoms with Crippen molar-refractivity contribution in [3.63, 3.8) is 0 Å². The second kappa shape index (κ2) is 6.80.